The molecule has 0 spiro atoms. The third kappa shape index (κ3) is 18.0. The maximum absolute atomic E-state index is 13.2. The van der Waals surface area contributed by atoms with E-state index < -0.39 is 59.6 Å². The molecule has 1 unspecified atom stereocenters. The van der Waals surface area contributed by atoms with Crippen molar-refractivity contribution in [1.29, 1.82) is 0 Å². The first-order chi connectivity index (χ1) is 19.9. The second-order valence-electron chi connectivity index (χ2n) is 9.50. The topological polar surface area (TPSA) is 249 Å². The van der Waals surface area contributed by atoms with E-state index in [-0.39, 0.29) is 67.7 Å². The smallest absolute Gasteiger partial charge is 0.264 e. The highest BCUT2D eigenvalue weighted by molar-refractivity contribution is 7.86. The molecule has 43 heavy (non-hydrogen) atoms. The van der Waals surface area contributed by atoms with Gasteiger partial charge in [-0.1, -0.05) is 0 Å². The molecule has 0 saturated carbocycles. The number of carbonyl (C=O) groups excluding carboxylic acids is 2. The van der Waals surface area contributed by atoms with Crippen LogP contribution in [-0.2, 0) is 35.1 Å². The molecule has 19 heteroatoms. The van der Waals surface area contributed by atoms with Crippen LogP contribution in [0, 0.1) is 0 Å². The second-order valence-corrected chi connectivity index (χ2v) is 14.2. The van der Waals surface area contributed by atoms with Crippen LogP contribution in [-0.4, -0.2) is 107 Å². The van der Waals surface area contributed by atoms with Crippen LogP contribution >= 0.6 is 0 Å². The Balaban J connectivity index is 3.37. The van der Waals surface area contributed by atoms with E-state index in [9.17, 15) is 34.8 Å². The van der Waals surface area contributed by atoms with E-state index in [1.807, 2.05) is 0 Å². The lowest BCUT2D eigenvalue weighted by atomic mass is 10.0. The van der Waals surface area contributed by atoms with Gasteiger partial charge in [-0.05, 0) is 71.2 Å². The van der Waals surface area contributed by atoms with Crippen molar-refractivity contribution in [3.05, 3.63) is 17.7 Å². The summed E-state index contributed by atoms with van der Waals surface area (Å²) in [7, 11) is -11.1. The standard InChI is InChI=1S/C24H40N2O14S3/c1-18(27)20(8-3-4-9-25-2)26-24(28)19-16-21(38-10-5-13-41(29,30)31)23(40-12-7-15-43(35,36)37)22(17-19)39-11-6-14-42(32,33)34/h16-17,20,25H,3-15H2,1-2H3,(H,26,28)(H,29,30,31)(H,32,33,34)(H,35,36,37). The third-order valence-corrected chi connectivity index (χ3v) is 8.06. The van der Waals surface area contributed by atoms with Crippen LogP contribution in [0.2, 0.25) is 0 Å². The zero-order valence-electron chi connectivity index (χ0n) is 24.0. The molecule has 5 N–H and O–H groups in total. The zero-order chi connectivity index (χ0) is 32.7. The highest BCUT2D eigenvalue weighted by Crippen LogP contribution is 2.39. The molecule has 1 rings (SSSR count). The van der Waals surface area contributed by atoms with Crippen LogP contribution in [0.25, 0.3) is 0 Å². The fourth-order valence-corrected chi connectivity index (χ4v) is 5.04. The molecule has 0 bridgehead atoms. The normalized spacial score (nSPS) is 12.9. The molecule has 248 valence electrons. The number of unbranched alkanes of at least 4 members (excludes halogenated alkanes) is 1. The van der Waals surface area contributed by atoms with Crippen LogP contribution in [0.15, 0.2) is 12.1 Å². The maximum atomic E-state index is 13.2. The minimum absolute atomic E-state index is 0.0682. The molecule has 0 aliphatic rings. The summed E-state index contributed by atoms with van der Waals surface area (Å²) in [6.07, 6.45) is 1.28. The van der Waals surface area contributed by atoms with Crippen molar-refractivity contribution in [2.45, 2.75) is 51.5 Å². The minimum Gasteiger partial charge on any atom is -0.489 e. The quantitative estimate of drug-likeness (QED) is 0.0792. The number of Topliss-reactive ketones (excluding diaryl/α,β-unsaturated/α-hetero) is 1. The maximum Gasteiger partial charge on any atom is 0.264 e. The number of carbonyl (C=O) groups is 2. The molecule has 0 aliphatic heterocycles. The van der Waals surface area contributed by atoms with Gasteiger partial charge < -0.3 is 24.8 Å². The van der Waals surface area contributed by atoms with Gasteiger partial charge in [0.1, 0.15) is 0 Å². The Morgan fingerprint density at radius 1 is 0.744 bits per heavy atom. The van der Waals surface area contributed by atoms with Gasteiger partial charge in [-0.15, -0.1) is 0 Å². The number of amides is 1. The first-order valence-corrected chi connectivity index (χ1v) is 18.1. The lowest BCUT2D eigenvalue weighted by Crippen LogP contribution is -2.39. The predicted molar refractivity (Wildman–Crippen MR) is 156 cm³/mol. The summed E-state index contributed by atoms with van der Waals surface area (Å²) < 4.78 is 110. The SMILES string of the molecule is CNCCCCC(NC(=O)c1cc(OCCCS(=O)(=O)O)c(OCCCS(=O)(=O)O)c(OCCCS(=O)(=O)O)c1)C(C)=O. The summed E-state index contributed by atoms with van der Waals surface area (Å²) in [6.45, 7) is 1.21. The molecule has 1 aromatic rings. The van der Waals surface area contributed by atoms with Crippen molar-refractivity contribution in [3.8, 4) is 17.2 Å². The van der Waals surface area contributed by atoms with Crippen LogP contribution < -0.4 is 24.8 Å². The average molecular weight is 677 g/mol. The molecule has 1 amide bonds. The minimum atomic E-state index is -4.30. The monoisotopic (exact) mass is 676 g/mol. The third-order valence-electron chi connectivity index (χ3n) is 5.65. The Bertz CT molecular complexity index is 1320. The molecule has 1 aromatic carbocycles. The van der Waals surface area contributed by atoms with E-state index in [0.29, 0.717) is 12.8 Å². The molecule has 1 atom stereocenters. The van der Waals surface area contributed by atoms with Crippen molar-refractivity contribution in [1.82, 2.24) is 10.6 Å². The number of hydrogen-bond acceptors (Lipinski definition) is 12. The lowest BCUT2D eigenvalue weighted by Gasteiger charge is -2.20. The summed E-state index contributed by atoms with van der Waals surface area (Å²) in [5.74, 6) is -3.32. The fraction of sp³-hybridized carbons (Fsp3) is 0.667. The number of nitrogens with one attached hydrogen (secondary N) is 2. The van der Waals surface area contributed by atoms with Crippen LogP contribution in [0.4, 0.5) is 0 Å². The van der Waals surface area contributed by atoms with Crippen LogP contribution in [0.1, 0.15) is 55.8 Å². The van der Waals surface area contributed by atoms with Gasteiger partial charge in [0, 0.05) is 5.56 Å². The van der Waals surface area contributed by atoms with Gasteiger partial charge in [-0.2, -0.15) is 25.3 Å². The van der Waals surface area contributed by atoms with Gasteiger partial charge in [0.05, 0.1) is 43.1 Å². The summed E-state index contributed by atoms with van der Waals surface area (Å²) in [5, 5.41) is 5.64. The highest BCUT2D eigenvalue weighted by atomic mass is 32.2. The van der Waals surface area contributed by atoms with Crippen molar-refractivity contribution < 1.29 is 62.7 Å². The number of benzene rings is 1. The van der Waals surface area contributed by atoms with E-state index in [1.54, 1.807) is 7.05 Å². The molecule has 0 heterocycles. The number of ketones is 1. The van der Waals surface area contributed by atoms with Gasteiger partial charge in [0.15, 0.2) is 17.3 Å². The fourth-order valence-electron chi connectivity index (χ4n) is 3.60. The summed E-state index contributed by atoms with van der Waals surface area (Å²) >= 11 is 0. The van der Waals surface area contributed by atoms with Crippen LogP contribution in [0.3, 0.4) is 0 Å². The Morgan fingerprint density at radius 2 is 1.19 bits per heavy atom. The first-order valence-electron chi connectivity index (χ1n) is 13.3. The molecular weight excluding hydrogens is 636 g/mol. The molecule has 16 nitrogen and oxygen atoms in total. The Labute approximate surface area is 252 Å². The Morgan fingerprint density at radius 3 is 1.58 bits per heavy atom. The van der Waals surface area contributed by atoms with E-state index in [4.69, 9.17) is 27.9 Å². The van der Waals surface area contributed by atoms with Crippen molar-refractivity contribution in [2.24, 2.45) is 0 Å². The molecule has 0 saturated heterocycles. The van der Waals surface area contributed by atoms with Gasteiger partial charge in [-0.3, -0.25) is 23.2 Å². The Hall–Kier alpha value is -2.55. The second kappa shape index (κ2) is 18.3. The summed E-state index contributed by atoms with van der Waals surface area (Å²) in [4.78, 5) is 25.4. The van der Waals surface area contributed by atoms with Gasteiger partial charge in [0.25, 0.3) is 36.3 Å². The molecule has 0 radical (unpaired) electrons. The molecular formula is C24H40N2O14S3. The van der Waals surface area contributed by atoms with Gasteiger partial charge >= 0.3 is 0 Å². The highest BCUT2D eigenvalue weighted by Gasteiger charge is 2.23. The molecule has 0 aromatic heterocycles. The van der Waals surface area contributed by atoms with Crippen LogP contribution in [0.5, 0.6) is 17.2 Å². The number of ether oxygens (including phenoxy) is 3. The van der Waals surface area contributed by atoms with Crippen molar-refractivity contribution in [3.63, 3.8) is 0 Å². The summed E-state index contributed by atoms with van der Waals surface area (Å²) in [6, 6.07) is 1.65. The zero-order valence-corrected chi connectivity index (χ0v) is 26.4. The largest absolute Gasteiger partial charge is 0.489 e. The van der Waals surface area contributed by atoms with E-state index in [1.165, 1.54) is 19.1 Å². The molecule has 0 fully saturated rings. The van der Waals surface area contributed by atoms with E-state index >= 15 is 0 Å². The Kier molecular flexibility index (Phi) is 16.4. The van der Waals surface area contributed by atoms with Crippen molar-refractivity contribution in [2.75, 3.05) is 50.7 Å². The summed E-state index contributed by atoms with van der Waals surface area (Å²) in [5.41, 5.74) is -0.0682. The van der Waals surface area contributed by atoms with E-state index in [2.05, 4.69) is 10.6 Å². The van der Waals surface area contributed by atoms with Crippen molar-refractivity contribution >= 4 is 42.0 Å². The average Bonchev–Trinajstić information content (AvgIpc) is 2.87. The van der Waals surface area contributed by atoms with Gasteiger partial charge in [0.2, 0.25) is 5.75 Å². The predicted octanol–water partition coefficient (Wildman–Crippen LogP) is 0.734. The first kappa shape index (κ1) is 38.5. The number of rotatable bonds is 23. The molecule has 0 aliphatic carbocycles. The van der Waals surface area contributed by atoms with Gasteiger partial charge in [-0.25, -0.2) is 0 Å². The lowest BCUT2D eigenvalue weighted by molar-refractivity contribution is -0.119. The van der Waals surface area contributed by atoms with E-state index in [0.717, 1.165) is 13.0 Å². The number of hydrogen-bond donors (Lipinski definition) is 5.